The number of benzene rings is 1. The molecule has 1 fully saturated rings. The lowest BCUT2D eigenvalue weighted by atomic mass is 10.0. The molecule has 0 unspecified atom stereocenters. The first kappa shape index (κ1) is 14.5. The number of aromatic nitrogens is 1. The maximum Gasteiger partial charge on any atom is 0.339 e. The highest BCUT2D eigenvalue weighted by atomic mass is 16.4. The van der Waals surface area contributed by atoms with Gasteiger partial charge in [0.1, 0.15) is 11.4 Å². The number of hydrogen-bond acceptors (Lipinski definition) is 4. The van der Waals surface area contributed by atoms with Crippen LogP contribution < -0.4 is 4.90 Å². The first-order valence-electron chi connectivity index (χ1n) is 7.35. The molecule has 1 saturated heterocycles. The fourth-order valence-electron chi connectivity index (χ4n) is 2.93. The van der Waals surface area contributed by atoms with E-state index >= 15 is 0 Å². The van der Waals surface area contributed by atoms with Gasteiger partial charge in [-0.3, -0.25) is 0 Å². The van der Waals surface area contributed by atoms with Crippen LogP contribution in [0.25, 0.3) is 0 Å². The van der Waals surface area contributed by atoms with E-state index in [1.807, 2.05) is 18.2 Å². The molecule has 2 aromatic rings. The third kappa shape index (κ3) is 2.80. The molecule has 0 amide bonds. The van der Waals surface area contributed by atoms with E-state index in [9.17, 15) is 9.90 Å². The van der Waals surface area contributed by atoms with Gasteiger partial charge in [0.05, 0.1) is 6.04 Å². The number of nitrogens with zero attached hydrogens (tertiary/aromatic N) is 3. The monoisotopic (exact) mass is 297 g/mol. The number of likely N-dealkylation sites (N-methyl/N-ethyl adjacent to an activating group) is 1. The largest absolute Gasteiger partial charge is 0.478 e. The van der Waals surface area contributed by atoms with E-state index in [1.54, 1.807) is 18.3 Å². The highest BCUT2D eigenvalue weighted by Gasteiger charge is 2.30. The van der Waals surface area contributed by atoms with Crippen molar-refractivity contribution in [3.8, 4) is 0 Å². The van der Waals surface area contributed by atoms with E-state index in [-0.39, 0.29) is 11.6 Å². The number of pyridine rings is 1. The molecule has 0 saturated carbocycles. The van der Waals surface area contributed by atoms with Crippen molar-refractivity contribution in [3.05, 3.63) is 59.8 Å². The highest BCUT2D eigenvalue weighted by molar-refractivity contribution is 5.93. The lowest BCUT2D eigenvalue weighted by molar-refractivity contribution is 0.0696. The second-order valence-electron chi connectivity index (χ2n) is 5.56. The maximum atomic E-state index is 11.5. The molecule has 22 heavy (non-hydrogen) atoms. The number of carboxylic acids is 1. The van der Waals surface area contributed by atoms with Crippen molar-refractivity contribution in [2.75, 3.05) is 31.6 Å². The summed E-state index contributed by atoms with van der Waals surface area (Å²) >= 11 is 0. The van der Waals surface area contributed by atoms with E-state index in [1.165, 1.54) is 5.56 Å². The summed E-state index contributed by atoms with van der Waals surface area (Å²) in [6, 6.07) is 13.6. The summed E-state index contributed by atoms with van der Waals surface area (Å²) in [6.07, 6.45) is 1.65. The van der Waals surface area contributed by atoms with E-state index in [4.69, 9.17) is 0 Å². The summed E-state index contributed by atoms with van der Waals surface area (Å²) in [5.74, 6) is -0.384. The SMILES string of the molecule is CN1CCN(c2ncccc2C(=O)O)[C@H](c2ccccc2)C1. The zero-order valence-corrected chi connectivity index (χ0v) is 12.5. The van der Waals surface area contributed by atoms with Gasteiger partial charge in [0.15, 0.2) is 0 Å². The van der Waals surface area contributed by atoms with Crippen LogP contribution >= 0.6 is 0 Å². The number of anilines is 1. The Morgan fingerprint density at radius 1 is 1.18 bits per heavy atom. The molecule has 5 heteroatoms. The van der Waals surface area contributed by atoms with Crippen molar-refractivity contribution in [1.29, 1.82) is 0 Å². The first-order valence-corrected chi connectivity index (χ1v) is 7.35. The summed E-state index contributed by atoms with van der Waals surface area (Å²) in [6.45, 7) is 2.49. The number of rotatable bonds is 3. The molecule has 5 nitrogen and oxygen atoms in total. The molecule has 1 N–H and O–H groups in total. The summed E-state index contributed by atoms with van der Waals surface area (Å²) in [5, 5.41) is 9.43. The Kier molecular flexibility index (Phi) is 4.06. The molecular formula is C17H19N3O2. The Labute approximate surface area is 129 Å². The molecule has 1 aromatic heterocycles. The van der Waals surface area contributed by atoms with E-state index in [0.29, 0.717) is 5.82 Å². The van der Waals surface area contributed by atoms with Gasteiger partial charge in [-0.05, 0) is 24.7 Å². The minimum Gasteiger partial charge on any atom is -0.478 e. The van der Waals surface area contributed by atoms with E-state index in [2.05, 4.69) is 34.0 Å². The standard InChI is InChI=1S/C17H19N3O2/c1-19-10-11-20(15(12-19)13-6-3-2-4-7-13)16-14(17(21)22)8-5-9-18-16/h2-9,15H,10-12H2,1H3,(H,21,22)/t15-/m0/s1. The molecule has 0 spiro atoms. The van der Waals surface area contributed by atoms with Crippen molar-refractivity contribution in [3.63, 3.8) is 0 Å². The number of aromatic carboxylic acids is 1. The topological polar surface area (TPSA) is 56.7 Å². The minimum atomic E-state index is -0.936. The maximum absolute atomic E-state index is 11.5. The van der Waals surface area contributed by atoms with Crippen LogP contribution in [0, 0.1) is 0 Å². The van der Waals surface area contributed by atoms with Gasteiger partial charge in [0.25, 0.3) is 0 Å². The molecule has 0 aliphatic carbocycles. The third-order valence-electron chi connectivity index (χ3n) is 4.06. The van der Waals surface area contributed by atoms with Gasteiger partial charge in [-0.2, -0.15) is 0 Å². The van der Waals surface area contributed by atoms with Crippen LogP contribution in [0.1, 0.15) is 22.0 Å². The average molecular weight is 297 g/mol. The Morgan fingerprint density at radius 3 is 2.68 bits per heavy atom. The van der Waals surface area contributed by atoms with Crippen LogP contribution in [0.5, 0.6) is 0 Å². The molecule has 114 valence electrons. The van der Waals surface area contributed by atoms with Crippen LogP contribution in [0.3, 0.4) is 0 Å². The summed E-state index contributed by atoms with van der Waals surface area (Å²) in [7, 11) is 2.09. The second kappa shape index (κ2) is 6.15. The number of piperazine rings is 1. The predicted molar refractivity (Wildman–Crippen MR) is 85.2 cm³/mol. The van der Waals surface area contributed by atoms with E-state index in [0.717, 1.165) is 19.6 Å². The van der Waals surface area contributed by atoms with Gasteiger partial charge >= 0.3 is 5.97 Å². The molecule has 1 atom stereocenters. The first-order chi connectivity index (χ1) is 10.7. The summed E-state index contributed by atoms with van der Waals surface area (Å²) in [4.78, 5) is 20.2. The lowest BCUT2D eigenvalue weighted by Crippen LogP contribution is -2.47. The van der Waals surface area contributed by atoms with E-state index < -0.39 is 5.97 Å². The van der Waals surface area contributed by atoms with Gasteiger partial charge in [0, 0.05) is 25.8 Å². The van der Waals surface area contributed by atoms with Gasteiger partial charge in [0.2, 0.25) is 0 Å². The molecule has 1 aromatic carbocycles. The molecule has 0 radical (unpaired) electrons. The van der Waals surface area contributed by atoms with Crippen molar-refractivity contribution in [2.45, 2.75) is 6.04 Å². The Morgan fingerprint density at radius 2 is 1.95 bits per heavy atom. The molecule has 3 rings (SSSR count). The molecule has 2 heterocycles. The van der Waals surface area contributed by atoms with Crippen molar-refractivity contribution < 1.29 is 9.90 Å². The zero-order valence-electron chi connectivity index (χ0n) is 12.5. The van der Waals surface area contributed by atoms with Crippen LogP contribution in [-0.2, 0) is 0 Å². The van der Waals surface area contributed by atoms with Crippen molar-refractivity contribution in [1.82, 2.24) is 9.88 Å². The fraction of sp³-hybridized carbons (Fsp3) is 0.294. The average Bonchev–Trinajstić information content (AvgIpc) is 2.55. The molecular weight excluding hydrogens is 278 g/mol. The van der Waals surface area contributed by atoms with Crippen LogP contribution in [-0.4, -0.2) is 47.6 Å². The van der Waals surface area contributed by atoms with Gasteiger partial charge in [-0.1, -0.05) is 30.3 Å². The Balaban J connectivity index is 2.02. The minimum absolute atomic E-state index is 0.105. The van der Waals surface area contributed by atoms with Crippen LogP contribution in [0.4, 0.5) is 5.82 Å². The number of carbonyl (C=O) groups is 1. The van der Waals surface area contributed by atoms with Crippen LogP contribution in [0.2, 0.25) is 0 Å². The predicted octanol–water partition coefficient (Wildman–Crippen LogP) is 2.27. The summed E-state index contributed by atoms with van der Waals surface area (Å²) < 4.78 is 0. The zero-order chi connectivity index (χ0) is 15.5. The van der Waals surface area contributed by atoms with Gasteiger partial charge in [-0.25, -0.2) is 9.78 Å². The van der Waals surface area contributed by atoms with Gasteiger partial charge < -0.3 is 14.9 Å². The van der Waals surface area contributed by atoms with Crippen LogP contribution in [0.15, 0.2) is 48.7 Å². The highest BCUT2D eigenvalue weighted by Crippen LogP contribution is 2.31. The lowest BCUT2D eigenvalue weighted by Gasteiger charge is -2.41. The quantitative estimate of drug-likeness (QED) is 0.942. The second-order valence-corrected chi connectivity index (χ2v) is 5.56. The molecule has 0 bridgehead atoms. The fourth-order valence-corrected chi connectivity index (χ4v) is 2.93. The van der Waals surface area contributed by atoms with Crippen molar-refractivity contribution >= 4 is 11.8 Å². The Hall–Kier alpha value is -2.40. The molecule has 1 aliphatic rings. The number of hydrogen-bond donors (Lipinski definition) is 1. The van der Waals surface area contributed by atoms with Gasteiger partial charge in [-0.15, -0.1) is 0 Å². The smallest absolute Gasteiger partial charge is 0.339 e. The Bertz CT molecular complexity index is 660. The number of carboxylic acid groups (broad SMARTS) is 1. The summed E-state index contributed by atoms with van der Waals surface area (Å²) in [5.41, 5.74) is 1.43. The van der Waals surface area contributed by atoms with Crippen molar-refractivity contribution in [2.24, 2.45) is 0 Å². The molecule has 1 aliphatic heterocycles. The normalized spacial score (nSPS) is 19.1. The third-order valence-corrected chi connectivity index (χ3v) is 4.06.